The molecule has 3 rings (SSSR count). The van der Waals surface area contributed by atoms with Crippen molar-refractivity contribution in [1.29, 1.82) is 0 Å². The highest BCUT2D eigenvalue weighted by Crippen LogP contribution is 2.26. The van der Waals surface area contributed by atoms with Gasteiger partial charge in [-0.3, -0.25) is 9.36 Å². The second kappa shape index (κ2) is 6.28. The molecular formula is C19H18N2O3. The van der Waals surface area contributed by atoms with Crippen LogP contribution in [-0.2, 0) is 11.3 Å². The lowest BCUT2D eigenvalue weighted by Crippen LogP contribution is -2.27. The average molecular weight is 322 g/mol. The van der Waals surface area contributed by atoms with E-state index in [0.717, 1.165) is 16.7 Å². The lowest BCUT2D eigenvalue weighted by Gasteiger charge is -2.13. The van der Waals surface area contributed by atoms with Crippen LogP contribution in [0.1, 0.15) is 16.7 Å². The number of ether oxygens (including phenoxy) is 1. The number of esters is 1. The van der Waals surface area contributed by atoms with Crippen LogP contribution in [-0.4, -0.2) is 15.5 Å². The van der Waals surface area contributed by atoms with Crippen LogP contribution in [0.25, 0.3) is 11.0 Å². The number of carbonyl (C=O) groups is 1. The molecule has 0 atom stereocenters. The first-order valence-corrected chi connectivity index (χ1v) is 7.69. The highest BCUT2D eigenvalue weighted by Gasteiger charge is 2.14. The molecule has 0 bridgehead atoms. The second-order valence-electron chi connectivity index (χ2n) is 5.80. The summed E-state index contributed by atoms with van der Waals surface area (Å²) in [6, 6.07) is 11.1. The van der Waals surface area contributed by atoms with Gasteiger partial charge in [-0.1, -0.05) is 24.3 Å². The molecule has 2 aromatic carbocycles. The van der Waals surface area contributed by atoms with Gasteiger partial charge < -0.3 is 4.74 Å². The molecule has 0 N–H and O–H groups in total. The number of fused-ring (bicyclic) bond motifs is 1. The van der Waals surface area contributed by atoms with Crippen LogP contribution in [0.5, 0.6) is 5.75 Å². The topological polar surface area (TPSA) is 61.2 Å². The van der Waals surface area contributed by atoms with Gasteiger partial charge in [-0.2, -0.15) is 0 Å². The van der Waals surface area contributed by atoms with Crippen molar-refractivity contribution in [2.45, 2.75) is 27.3 Å². The fourth-order valence-corrected chi connectivity index (χ4v) is 2.64. The normalized spacial score (nSPS) is 10.8. The largest absolute Gasteiger partial charge is 0.425 e. The minimum atomic E-state index is -0.481. The van der Waals surface area contributed by atoms with E-state index in [4.69, 9.17) is 4.74 Å². The van der Waals surface area contributed by atoms with E-state index in [1.54, 1.807) is 18.2 Å². The van der Waals surface area contributed by atoms with Crippen LogP contribution < -0.4 is 10.3 Å². The number of hydrogen-bond acceptors (Lipinski definition) is 4. The third kappa shape index (κ3) is 2.93. The van der Waals surface area contributed by atoms with Crippen molar-refractivity contribution in [1.82, 2.24) is 9.55 Å². The molecule has 0 amide bonds. The van der Waals surface area contributed by atoms with E-state index in [0.29, 0.717) is 16.8 Å². The van der Waals surface area contributed by atoms with Gasteiger partial charge in [0.2, 0.25) is 0 Å². The maximum Gasteiger partial charge on any atom is 0.331 e. The molecule has 1 aromatic heterocycles. The van der Waals surface area contributed by atoms with Gasteiger partial charge in [-0.15, -0.1) is 0 Å². The van der Waals surface area contributed by atoms with Crippen molar-refractivity contribution < 1.29 is 9.53 Å². The average Bonchev–Trinajstić information content (AvgIpc) is 2.58. The van der Waals surface area contributed by atoms with E-state index in [1.165, 1.54) is 10.8 Å². The van der Waals surface area contributed by atoms with Crippen molar-refractivity contribution in [2.75, 3.05) is 0 Å². The zero-order valence-electron chi connectivity index (χ0n) is 13.9. The van der Waals surface area contributed by atoms with Crippen molar-refractivity contribution in [3.05, 3.63) is 69.6 Å². The molecule has 0 spiro atoms. The lowest BCUT2D eigenvalue weighted by atomic mass is 10.1. The van der Waals surface area contributed by atoms with Gasteiger partial charge in [0.25, 0.3) is 5.56 Å². The van der Waals surface area contributed by atoms with E-state index in [-0.39, 0.29) is 12.1 Å². The Hall–Kier alpha value is -2.95. The maximum atomic E-state index is 12.4. The van der Waals surface area contributed by atoms with Gasteiger partial charge in [0.15, 0.2) is 0 Å². The Bertz CT molecular complexity index is 990. The summed E-state index contributed by atoms with van der Waals surface area (Å²) in [7, 11) is 0. The van der Waals surface area contributed by atoms with E-state index >= 15 is 0 Å². The predicted octanol–water partition coefficient (Wildman–Crippen LogP) is 2.93. The van der Waals surface area contributed by atoms with Gasteiger partial charge in [-0.05, 0) is 49.6 Å². The number of hydrogen-bond donors (Lipinski definition) is 0. The smallest absolute Gasteiger partial charge is 0.331 e. The molecule has 0 aliphatic rings. The molecule has 0 fully saturated rings. The van der Waals surface area contributed by atoms with Gasteiger partial charge in [0.05, 0.1) is 17.2 Å². The first-order chi connectivity index (χ1) is 11.5. The van der Waals surface area contributed by atoms with Gasteiger partial charge in [0, 0.05) is 0 Å². The third-order valence-corrected chi connectivity index (χ3v) is 4.13. The summed E-state index contributed by atoms with van der Waals surface area (Å²) in [6.07, 6.45) is 1.22. The molecule has 24 heavy (non-hydrogen) atoms. The number of para-hydroxylation sites is 2. The van der Waals surface area contributed by atoms with Crippen molar-refractivity contribution in [3.63, 3.8) is 0 Å². The van der Waals surface area contributed by atoms with E-state index in [1.807, 2.05) is 39.0 Å². The highest BCUT2D eigenvalue weighted by atomic mass is 16.5. The summed E-state index contributed by atoms with van der Waals surface area (Å²) in [5, 5.41) is 0. The molecule has 0 aliphatic heterocycles. The van der Waals surface area contributed by atoms with Gasteiger partial charge in [0.1, 0.15) is 12.3 Å². The fraction of sp³-hybridized carbons (Fsp3) is 0.211. The Morgan fingerprint density at radius 1 is 1.08 bits per heavy atom. The molecule has 5 nitrogen and oxygen atoms in total. The number of rotatable bonds is 3. The zero-order valence-corrected chi connectivity index (χ0v) is 13.9. The monoisotopic (exact) mass is 322 g/mol. The molecule has 0 radical (unpaired) electrons. The Morgan fingerprint density at radius 3 is 2.58 bits per heavy atom. The lowest BCUT2D eigenvalue weighted by molar-refractivity contribution is -0.135. The van der Waals surface area contributed by atoms with Crippen LogP contribution in [0, 0.1) is 20.8 Å². The Labute approximate surface area is 139 Å². The summed E-state index contributed by atoms with van der Waals surface area (Å²) >= 11 is 0. The molecule has 5 heteroatoms. The van der Waals surface area contributed by atoms with E-state index in [2.05, 4.69) is 4.98 Å². The molecule has 3 aromatic rings. The molecule has 0 saturated heterocycles. The van der Waals surface area contributed by atoms with Crippen LogP contribution in [0.2, 0.25) is 0 Å². The standard InChI is InChI=1S/C19H18N2O3/c1-12-8-9-13(2)19(14(12)3)24-18(23)11-21-16-7-5-4-6-15(16)20-10-17(21)22/h4-10H,11H2,1-3H3. The Balaban J connectivity index is 1.93. The SMILES string of the molecule is Cc1ccc(C)c(OC(=O)Cn2c(=O)cnc3ccccc32)c1C. The molecule has 1 heterocycles. The summed E-state index contributed by atoms with van der Waals surface area (Å²) in [6.45, 7) is 5.61. The van der Waals surface area contributed by atoms with Gasteiger partial charge >= 0.3 is 5.97 Å². The second-order valence-corrected chi connectivity index (χ2v) is 5.80. The Morgan fingerprint density at radius 2 is 1.79 bits per heavy atom. The van der Waals surface area contributed by atoms with Gasteiger partial charge in [-0.25, -0.2) is 9.78 Å². The minimum Gasteiger partial charge on any atom is -0.425 e. The summed E-state index contributed by atoms with van der Waals surface area (Å²) in [4.78, 5) is 28.6. The van der Waals surface area contributed by atoms with Crippen LogP contribution in [0.3, 0.4) is 0 Å². The van der Waals surface area contributed by atoms with Crippen molar-refractivity contribution >= 4 is 17.0 Å². The molecule has 0 aliphatic carbocycles. The number of nitrogens with zero attached hydrogens (tertiary/aromatic N) is 2. The molecule has 0 unspecified atom stereocenters. The quantitative estimate of drug-likeness (QED) is 0.549. The third-order valence-electron chi connectivity index (χ3n) is 4.13. The summed E-state index contributed by atoms with van der Waals surface area (Å²) in [5.41, 5.74) is 3.80. The first-order valence-electron chi connectivity index (χ1n) is 7.69. The number of benzene rings is 2. The van der Waals surface area contributed by atoms with Crippen molar-refractivity contribution in [3.8, 4) is 5.75 Å². The number of carbonyl (C=O) groups excluding carboxylic acids is 1. The van der Waals surface area contributed by atoms with Crippen LogP contribution in [0.4, 0.5) is 0 Å². The summed E-state index contributed by atoms with van der Waals surface area (Å²) < 4.78 is 6.93. The first kappa shape index (κ1) is 15.9. The molecule has 0 saturated carbocycles. The van der Waals surface area contributed by atoms with E-state index in [9.17, 15) is 9.59 Å². The maximum absolute atomic E-state index is 12.4. The number of aromatic nitrogens is 2. The van der Waals surface area contributed by atoms with Crippen molar-refractivity contribution in [2.24, 2.45) is 0 Å². The fourth-order valence-electron chi connectivity index (χ4n) is 2.64. The van der Waals surface area contributed by atoms with Crippen LogP contribution >= 0.6 is 0 Å². The minimum absolute atomic E-state index is 0.158. The predicted molar refractivity (Wildman–Crippen MR) is 92.3 cm³/mol. The zero-order chi connectivity index (χ0) is 17.3. The van der Waals surface area contributed by atoms with Crippen LogP contribution in [0.15, 0.2) is 47.4 Å². The van der Waals surface area contributed by atoms with E-state index < -0.39 is 5.97 Å². The molecular weight excluding hydrogens is 304 g/mol. The summed E-state index contributed by atoms with van der Waals surface area (Å²) in [5.74, 6) is 0.0802. The molecule has 122 valence electrons. The Kier molecular flexibility index (Phi) is 4.16. The number of aryl methyl sites for hydroxylation is 2. The highest BCUT2D eigenvalue weighted by molar-refractivity contribution is 5.78.